The van der Waals surface area contributed by atoms with E-state index in [4.69, 9.17) is 0 Å². The summed E-state index contributed by atoms with van der Waals surface area (Å²) in [4.78, 5) is 0. The predicted molar refractivity (Wildman–Crippen MR) is 137 cm³/mol. The van der Waals surface area contributed by atoms with Crippen LogP contribution in [0.1, 0.15) is 32.8 Å². The Morgan fingerprint density at radius 2 is 0.742 bits per heavy atom. The van der Waals surface area contributed by atoms with Crippen LogP contribution in [0.4, 0.5) is 0 Å². The van der Waals surface area contributed by atoms with Gasteiger partial charge in [0.05, 0.1) is 0 Å². The molecule has 0 aliphatic carbocycles. The molecule has 0 aliphatic heterocycles. The van der Waals surface area contributed by atoms with E-state index < -0.39 is 0 Å². The molecule has 4 aromatic carbocycles. The van der Waals surface area contributed by atoms with Crippen LogP contribution in [0.3, 0.4) is 0 Å². The van der Waals surface area contributed by atoms with Crippen molar-refractivity contribution in [3.05, 3.63) is 156 Å². The van der Waals surface area contributed by atoms with Crippen LogP contribution >= 0.6 is 11.8 Å². The topological polar surface area (TPSA) is 0 Å². The lowest BCUT2D eigenvalue weighted by molar-refractivity contribution is 1.17. The smallest absolute Gasteiger partial charge is 0.0489 e. The minimum absolute atomic E-state index is 0.243. The number of rotatable bonds is 8. The Labute approximate surface area is 190 Å². The molecule has 0 nitrogen and oxygen atoms in total. The highest BCUT2D eigenvalue weighted by Crippen LogP contribution is 2.42. The van der Waals surface area contributed by atoms with Crippen LogP contribution in [0.2, 0.25) is 0 Å². The molecule has 0 N–H and O–H groups in total. The average molecular weight is 419 g/mol. The lowest BCUT2D eigenvalue weighted by Gasteiger charge is -2.20. The molecule has 4 aromatic rings. The Morgan fingerprint density at radius 1 is 0.419 bits per heavy atom. The number of thioether (sulfide) groups is 1. The van der Waals surface area contributed by atoms with Gasteiger partial charge >= 0.3 is 0 Å². The van der Waals surface area contributed by atoms with Crippen LogP contribution in [-0.2, 0) is 0 Å². The highest BCUT2D eigenvalue weighted by molar-refractivity contribution is 8.00. The van der Waals surface area contributed by atoms with Crippen molar-refractivity contribution in [3.63, 3.8) is 0 Å². The zero-order valence-electron chi connectivity index (χ0n) is 17.4. The van der Waals surface area contributed by atoms with Crippen LogP contribution in [0.15, 0.2) is 133 Å². The summed E-state index contributed by atoms with van der Waals surface area (Å²) in [6.45, 7) is 0. The van der Waals surface area contributed by atoms with Gasteiger partial charge in [0.1, 0.15) is 0 Å². The van der Waals surface area contributed by atoms with Gasteiger partial charge in [-0.05, 0) is 22.3 Å². The van der Waals surface area contributed by atoms with Crippen molar-refractivity contribution in [1.82, 2.24) is 0 Å². The first-order valence-electron chi connectivity index (χ1n) is 10.6. The Bertz CT molecular complexity index is 993. The number of hydrogen-bond acceptors (Lipinski definition) is 1. The van der Waals surface area contributed by atoms with Gasteiger partial charge in [-0.1, -0.05) is 146 Å². The van der Waals surface area contributed by atoms with E-state index in [1.165, 1.54) is 22.3 Å². The molecule has 1 heteroatoms. The molecule has 2 unspecified atom stereocenters. The SMILES string of the molecule is C(=C/C(SC(/C=C\c1ccccc1)c1ccccc1)c1ccccc1)/c1ccccc1. The molecule has 0 bridgehead atoms. The zero-order valence-corrected chi connectivity index (χ0v) is 18.2. The first kappa shape index (κ1) is 21.0. The maximum atomic E-state index is 2.32. The molecule has 2 atom stereocenters. The second kappa shape index (κ2) is 11.2. The van der Waals surface area contributed by atoms with Gasteiger partial charge in [-0.15, -0.1) is 11.8 Å². The molecule has 0 heterocycles. The summed E-state index contributed by atoms with van der Waals surface area (Å²) in [6.07, 6.45) is 9.10. The second-order valence-electron chi connectivity index (χ2n) is 7.34. The van der Waals surface area contributed by atoms with Gasteiger partial charge in [0, 0.05) is 10.5 Å². The van der Waals surface area contributed by atoms with E-state index in [0.29, 0.717) is 0 Å². The van der Waals surface area contributed by atoms with Crippen molar-refractivity contribution in [1.29, 1.82) is 0 Å². The van der Waals surface area contributed by atoms with E-state index in [0.717, 1.165) is 0 Å². The van der Waals surface area contributed by atoms with Gasteiger partial charge in [0.15, 0.2) is 0 Å². The van der Waals surface area contributed by atoms with Crippen LogP contribution < -0.4 is 0 Å². The van der Waals surface area contributed by atoms with Crippen molar-refractivity contribution in [3.8, 4) is 0 Å². The molecule has 4 rings (SSSR count). The van der Waals surface area contributed by atoms with Gasteiger partial charge < -0.3 is 0 Å². The van der Waals surface area contributed by atoms with Crippen LogP contribution in [-0.4, -0.2) is 0 Å². The lowest BCUT2D eigenvalue weighted by Crippen LogP contribution is -1.97. The molecule has 0 saturated heterocycles. The van der Waals surface area contributed by atoms with Gasteiger partial charge in [0.2, 0.25) is 0 Å². The van der Waals surface area contributed by atoms with Crippen LogP contribution in [0.25, 0.3) is 12.2 Å². The molecule has 0 spiro atoms. The highest BCUT2D eigenvalue weighted by Gasteiger charge is 2.16. The Balaban J connectivity index is 1.64. The van der Waals surface area contributed by atoms with Gasteiger partial charge in [-0.2, -0.15) is 0 Å². The minimum Gasteiger partial charge on any atom is -0.137 e. The third-order valence-electron chi connectivity index (χ3n) is 5.08. The lowest BCUT2D eigenvalue weighted by atomic mass is 10.1. The summed E-state index contributed by atoms with van der Waals surface area (Å²) in [6, 6.07) is 42.5. The summed E-state index contributed by atoms with van der Waals surface area (Å²) in [5, 5.41) is 0.485. The minimum atomic E-state index is 0.243. The number of hydrogen-bond donors (Lipinski definition) is 0. The maximum Gasteiger partial charge on any atom is 0.0489 e. The third-order valence-corrected chi connectivity index (χ3v) is 6.52. The number of benzene rings is 4. The summed E-state index contributed by atoms with van der Waals surface area (Å²) in [5.41, 5.74) is 5.07. The molecule has 152 valence electrons. The summed E-state index contributed by atoms with van der Waals surface area (Å²) >= 11 is 1.96. The zero-order chi connectivity index (χ0) is 21.1. The van der Waals surface area contributed by atoms with Crippen LogP contribution in [0.5, 0.6) is 0 Å². The summed E-state index contributed by atoms with van der Waals surface area (Å²) in [7, 11) is 0. The molecule has 0 fully saturated rings. The maximum absolute atomic E-state index is 2.32. The van der Waals surface area contributed by atoms with E-state index in [1.807, 2.05) is 11.8 Å². The van der Waals surface area contributed by atoms with E-state index in [9.17, 15) is 0 Å². The van der Waals surface area contributed by atoms with Crippen molar-refractivity contribution < 1.29 is 0 Å². The van der Waals surface area contributed by atoms with E-state index in [2.05, 4.69) is 146 Å². The molecule has 0 aromatic heterocycles. The standard InChI is InChI=1S/C30H26S/c1-5-13-25(14-6-1)21-23-29(27-17-9-3-10-18-27)31-30(28-19-11-4-12-20-28)24-22-26-15-7-2-8-16-26/h1-24,29-30H/b23-21-,24-22-. The van der Waals surface area contributed by atoms with Gasteiger partial charge in [0.25, 0.3) is 0 Å². The molecule has 0 saturated carbocycles. The molecular formula is C30H26S. The monoisotopic (exact) mass is 418 g/mol. The fourth-order valence-electron chi connectivity index (χ4n) is 3.44. The Kier molecular flexibility index (Phi) is 7.57. The third kappa shape index (κ3) is 6.34. The van der Waals surface area contributed by atoms with Crippen molar-refractivity contribution in [2.45, 2.75) is 10.5 Å². The first-order valence-corrected chi connectivity index (χ1v) is 11.5. The molecule has 0 aliphatic rings. The van der Waals surface area contributed by atoms with Crippen LogP contribution in [0, 0.1) is 0 Å². The quantitative estimate of drug-likeness (QED) is 0.276. The summed E-state index contributed by atoms with van der Waals surface area (Å²) < 4.78 is 0. The Morgan fingerprint density at radius 3 is 1.10 bits per heavy atom. The molecule has 0 amide bonds. The first-order chi connectivity index (χ1) is 15.4. The molecular weight excluding hydrogens is 392 g/mol. The molecule has 0 radical (unpaired) electrons. The van der Waals surface area contributed by atoms with E-state index in [1.54, 1.807) is 0 Å². The fraction of sp³-hybridized carbons (Fsp3) is 0.0667. The van der Waals surface area contributed by atoms with E-state index >= 15 is 0 Å². The predicted octanol–water partition coefficient (Wildman–Crippen LogP) is 8.63. The van der Waals surface area contributed by atoms with Crippen molar-refractivity contribution in [2.24, 2.45) is 0 Å². The van der Waals surface area contributed by atoms with Gasteiger partial charge in [-0.25, -0.2) is 0 Å². The van der Waals surface area contributed by atoms with E-state index in [-0.39, 0.29) is 10.5 Å². The second-order valence-corrected chi connectivity index (χ2v) is 8.63. The van der Waals surface area contributed by atoms with Crippen molar-refractivity contribution >= 4 is 23.9 Å². The van der Waals surface area contributed by atoms with Gasteiger partial charge in [-0.3, -0.25) is 0 Å². The Hall–Kier alpha value is -3.29. The normalized spacial score (nSPS) is 13.4. The largest absolute Gasteiger partial charge is 0.137 e. The summed E-state index contributed by atoms with van der Waals surface area (Å²) in [5.74, 6) is 0. The average Bonchev–Trinajstić information content (AvgIpc) is 2.86. The van der Waals surface area contributed by atoms with Crippen molar-refractivity contribution in [2.75, 3.05) is 0 Å². The molecule has 31 heavy (non-hydrogen) atoms. The fourth-order valence-corrected chi connectivity index (χ4v) is 4.72. The highest BCUT2D eigenvalue weighted by atomic mass is 32.2.